The van der Waals surface area contributed by atoms with Crippen LogP contribution >= 0.6 is 24.8 Å². The second-order valence-electron chi connectivity index (χ2n) is 9.78. The highest BCUT2D eigenvalue weighted by Crippen LogP contribution is 2.42. The summed E-state index contributed by atoms with van der Waals surface area (Å²) in [6.07, 6.45) is 6.05. The number of benzene rings is 1. The number of hydrogen-bond acceptors (Lipinski definition) is 4. The van der Waals surface area contributed by atoms with Crippen LogP contribution in [0.25, 0.3) is 0 Å². The summed E-state index contributed by atoms with van der Waals surface area (Å²) in [5.74, 6) is 1.39. The normalized spacial score (nSPS) is 30.6. The van der Waals surface area contributed by atoms with Gasteiger partial charge in [-0.25, -0.2) is 4.39 Å². The van der Waals surface area contributed by atoms with Crippen molar-refractivity contribution >= 4 is 30.7 Å². The lowest BCUT2D eigenvalue weighted by atomic mass is 9.71. The van der Waals surface area contributed by atoms with Gasteiger partial charge in [0, 0.05) is 51.4 Å². The first-order valence-electron chi connectivity index (χ1n) is 11.9. The Morgan fingerprint density at radius 2 is 1.84 bits per heavy atom. The van der Waals surface area contributed by atoms with Crippen LogP contribution in [0, 0.1) is 17.7 Å². The molecule has 5 nitrogen and oxygen atoms in total. The number of carbonyl (C=O) groups excluding carboxylic acids is 1. The summed E-state index contributed by atoms with van der Waals surface area (Å²) in [5, 5.41) is 3.33. The smallest absolute Gasteiger partial charge is 0.236 e. The molecule has 0 radical (unpaired) electrons. The summed E-state index contributed by atoms with van der Waals surface area (Å²) in [5.41, 5.74) is 1.11. The lowest BCUT2D eigenvalue weighted by Gasteiger charge is -2.57. The number of piperazine rings is 1. The molecule has 32 heavy (non-hydrogen) atoms. The Morgan fingerprint density at radius 3 is 2.62 bits per heavy atom. The van der Waals surface area contributed by atoms with Gasteiger partial charge in [0.05, 0.1) is 6.54 Å². The van der Waals surface area contributed by atoms with Crippen LogP contribution in [-0.4, -0.2) is 85.0 Å². The summed E-state index contributed by atoms with van der Waals surface area (Å²) < 4.78 is 13.8. The molecule has 0 saturated carbocycles. The van der Waals surface area contributed by atoms with Gasteiger partial charge in [0.15, 0.2) is 0 Å². The van der Waals surface area contributed by atoms with Gasteiger partial charge in [0.25, 0.3) is 0 Å². The highest BCUT2D eigenvalue weighted by atomic mass is 35.5. The fourth-order valence-electron chi connectivity index (χ4n) is 6.53. The van der Waals surface area contributed by atoms with E-state index in [1.54, 1.807) is 6.07 Å². The van der Waals surface area contributed by atoms with Gasteiger partial charge in [0.2, 0.25) is 5.91 Å². The van der Waals surface area contributed by atoms with E-state index in [1.807, 2.05) is 11.0 Å². The molecule has 8 heteroatoms. The van der Waals surface area contributed by atoms with Crippen molar-refractivity contribution in [3.8, 4) is 0 Å². The predicted molar refractivity (Wildman–Crippen MR) is 130 cm³/mol. The number of fused-ring (bicyclic) bond motifs is 4. The Kier molecular flexibility index (Phi) is 9.22. The van der Waals surface area contributed by atoms with E-state index in [1.165, 1.54) is 38.3 Å². The SMILES string of the molecule is Cl.Cl.O=C(CN1C[C@H]2C[C@@H](C1)[C@H](Cc1cccc(F)c1)N1CCCC[C@@H]21)N1CCNCC1. The molecule has 1 aromatic carbocycles. The molecule has 4 saturated heterocycles. The highest BCUT2D eigenvalue weighted by Gasteiger charge is 2.47. The van der Waals surface area contributed by atoms with Crippen LogP contribution in [0.3, 0.4) is 0 Å². The Labute approximate surface area is 203 Å². The predicted octanol–water partition coefficient (Wildman–Crippen LogP) is 2.82. The summed E-state index contributed by atoms with van der Waals surface area (Å²) in [7, 11) is 0. The molecule has 1 aromatic rings. The van der Waals surface area contributed by atoms with Crippen molar-refractivity contribution in [2.24, 2.45) is 11.8 Å². The molecule has 0 aliphatic carbocycles. The molecule has 180 valence electrons. The first-order valence-corrected chi connectivity index (χ1v) is 11.9. The van der Waals surface area contributed by atoms with Crippen molar-refractivity contribution in [2.45, 2.75) is 44.2 Å². The largest absolute Gasteiger partial charge is 0.339 e. The average molecular weight is 487 g/mol. The molecule has 1 N–H and O–H groups in total. The Morgan fingerprint density at radius 1 is 1.06 bits per heavy atom. The zero-order chi connectivity index (χ0) is 20.5. The monoisotopic (exact) mass is 486 g/mol. The van der Waals surface area contributed by atoms with Gasteiger partial charge >= 0.3 is 0 Å². The summed E-state index contributed by atoms with van der Waals surface area (Å²) >= 11 is 0. The molecule has 2 bridgehead atoms. The fourth-order valence-corrected chi connectivity index (χ4v) is 6.53. The van der Waals surface area contributed by atoms with Gasteiger partial charge in [-0.3, -0.25) is 14.6 Å². The molecule has 1 amide bonds. The van der Waals surface area contributed by atoms with Gasteiger partial charge in [-0.2, -0.15) is 0 Å². The molecule has 0 spiro atoms. The summed E-state index contributed by atoms with van der Waals surface area (Å²) in [4.78, 5) is 20.1. The first kappa shape index (κ1) is 25.7. The van der Waals surface area contributed by atoms with E-state index in [0.29, 0.717) is 36.4 Å². The number of rotatable bonds is 4. The van der Waals surface area contributed by atoms with Crippen LogP contribution in [-0.2, 0) is 11.2 Å². The van der Waals surface area contributed by atoms with Crippen LogP contribution in [0.2, 0.25) is 0 Å². The highest BCUT2D eigenvalue weighted by molar-refractivity contribution is 5.85. The molecule has 4 aliphatic rings. The quantitative estimate of drug-likeness (QED) is 0.709. The number of hydrogen-bond donors (Lipinski definition) is 1. The Bertz CT molecular complexity index is 763. The minimum absolute atomic E-state index is 0. The number of amides is 1. The minimum Gasteiger partial charge on any atom is -0.339 e. The molecular formula is C24H37Cl2FN4O. The second kappa shape index (κ2) is 11.5. The van der Waals surface area contributed by atoms with Gasteiger partial charge in [-0.05, 0) is 61.8 Å². The maximum absolute atomic E-state index is 13.8. The molecule has 0 unspecified atom stereocenters. The number of carbonyl (C=O) groups is 1. The molecular weight excluding hydrogens is 450 g/mol. The zero-order valence-corrected chi connectivity index (χ0v) is 20.4. The second-order valence-corrected chi connectivity index (χ2v) is 9.78. The average Bonchev–Trinajstić information content (AvgIpc) is 2.77. The van der Waals surface area contributed by atoms with Crippen LogP contribution < -0.4 is 5.32 Å². The lowest BCUT2D eigenvalue weighted by molar-refractivity contribution is -0.135. The summed E-state index contributed by atoms with van der Waals surface area (Å²) in [6.45, 7) is 7.27. The number of nitrogens with one attached hydrogen (secondary N) is 1. The number of nitrogens with zero attached hydrogens (tertiary/aromatic N) is 3. The van der Waals surface area contributed by atoms with E-state index in [-0.39, 0.29) is 30.6 Å². The van der Waals surface area contributed by atoms with Crippen molar-refractivity contribution in [2.75, 3.05) is 52.4 Å². The van der Waals surface area contributed by atoms with E-state index in [2.05, 4.69) is 21.2 Å². The van der Waals surface area contributed by atoms with Crippen molar-refractivity contribution in [3.63, 3.8) is 0 Å². The third-order valence-electron chi connectivity index (χ3n) is 7.86. The van der Waals surface area contributed by atoms with E-state index in [0.717, 1.165) is 51.3 Å². The minimum atomic E-state index is -0.136. The maximum Gasteiger partial charge on any atom is 0.236 e. The number of halogens is 3. The molecule has 4 fully saturated rings. The molecule has 4 aliphatic heterocycles. The fraction of sp³-hybridized carbons (Fsp3) is 0.708. The van der Waals surface area contributed by atoms with Crippen LogP contribution in [0.4, 0.5) is 4.39 Å². The van der Waals surface area contributed by atoms with Gasteiger partial charge < -0.3 is 10.2 Å². The number of piperidine rings is 3. The Hall–Kier alpha value is -0.920. The maximum atomic E-state index is 13.8. The summed E-state index contributed by atoms with van der Waals surface area (Å²) in [6, 6.07) is 8.25. The van der Waals surface area contributed by atoms with Gasteiger partial charge in [-0.1, -0.05) is 18.6 Å². The lowest BCUT2D eigenvalue weighted by Crippen LogP contribution is -2.64. The van der Waals surface area contributed by atoms with Crippen LogP contribution in [0.5, 0.6) is 0 Å². The van der Waals surface area contributed by atoms with Crippen molar-refractivity contribution < 1.29 is 9.18 Å². The van der Waals surface area contributed by atoms with Crippen molar-refractivity contribution in [1.29, 1.82) is 0 Å². The molecule has 5 rings (SSSR count). The van der Waals surface area contributed by atoms with E-state index in [9.17, 15) is 9.18 Å². The molecule has 0 aromatic heterocycles. The Balaban J connectivity index is 0.00000144. The third-order valence-corrected chi connectivity index (χ3v) is 7.86. The van der Waals surface area contributed by atoms with Crippen molar-refractivity contribution in [3.05, 3.63) is 35.6 Å². The van der Waals surface area contributed by atoms with Crippen LogP contribution in [0.15, 0.2) is 24.3 Å². The standard InChI is InChI=1S/C24H35FN4O.2ClH/c25-21-5-3-4-18(12-21)13-23-20-14-19(22-6-1-2-9-29(22)23)15-27(16-20)17-24(30)28-10-7-26-8-11-28;;/h3-5,12,19-20,22-23,26H,1-2,6-11,13-17H2;2*1H/t19-,20+,22+,23+;;/m1../s1. The van der Waals surface area contributed by atoms with E-state index >= 15 is 0 Å². The van der Waals surface area contributed by atoms with Crippen LogP contribution in [0.1, 0.15) is 31.2 Å². The first-order chi connectivity index (χ1) is 14.7. The number of likely N-dealkylation sites (tertiary alicyclic amines) is 1. The van der Waals surface area contributed by atoms with Gasteiger partial charge in [-0.15, -0.1) is 24.8 Å². The molecule has 4 heterocycles. The topological polar surface area (TPSA) is 38.8 Å². The zero-order valence-electron chi connectivity index (χ0n) is 18.8. The molecule has 4 atom stereocenters. The van der Waals surface area contributed by atoms with Crippen molar-refractivity contribution in [1.82, 2.24) is 20.0 Å². The third kappa shape index (κ3) is 5.58. The van der Waals surface area contributed by atoms with E-state index in [4.69, 9.17) is 0 Å². The van der Waals surface area contributed by atoms with Gasteiger partial charge in [0.1, 0.15) is 5.82 Å². The van der Waals surface area contributed by atoms with E-state index < -0.39 is 0 Å².